The van der Waals surface area contributed by atoms with Gasteiger partial charge in [-0.15, -0.1) is 0 Å². The number of carboxylic acid groups (broad SMARTS) is 1. The van der Waals surface area contributed by atoms with Gasteiger partial charge in [0, 0.05) is 6.54 Å². The van der Waals surface area contributed by atoms with Crippen LogP contribution in [0.2, 0.25) is 0 Å². The molecule has 0 bridgehead atoms. The number of aliphatic carboxylic acids is 1. The van der Waals surface area contributed by atoms with Crippen LogP contribution in [0.3, 0.4) is 0 Å². The Kier molecular flexibility index (Phi) is 3.34. The molecule has 0 fully saturated rings. The first kappa shape index (κ1) is 12.6. The minimum atomic E-state index is -0.966. The van der Waals surface area contributed by atoms with Crippen LogP contribution in [0.1, 0.15) is 17.5 Å². The van der Waals surface area contributed by atoms with Crippen molar-refractivity contribution in [3.05, 3.63) is 29.6 Å². The zero-order chi connectivity index (χ0) is 13.3. The molecule has 0 saturated heterocycles. The van der Waals surface area contributed by atoms with E-state index in [-0.39, 0.29) is 0 Å². The SMILES string of the molecule is Cc1cc2ncn(CCC(N)C(=O)O)c2cc1C. The van der Waals surface area contributed by atoms with Gasteiger partial charge in [-0.1, -0.05) is 0 Å². The molecule has 1 heterocycles. The summed E-state index contributed by atoms with van der Waals surface area (Å²) in [5.74, 6) is -0.966. The normalized spacial score (nSPS) is 12.8. The number of imidazole rings is 1. The number of hydrogen-bond acceptors (Lipinski definition) is 3. The van der Waals surface area contributed by atoms with E-state index in [1.165, 1.54) is 11.1 Å². The molecule has 1 atom stereocenters. The summed E-state index contributed by atoms with van der Waals surface area (Å²) < 4.78 is 1.95. The van der Waals surface area contributed by atoms with Crippen molar-refractivity contribution in [2.24, 2.45) is 5.73 Å². The molecule has 5 heteroatoms. The van der Waals surface area contributed by atoms with E-state index >= 15 is 0 Å². The van der Waals surface area contributed by atoms with Crippen molar-refractivity contribution in [2.45, 2.75) is 32.9 Å². The highest BCUT2D eigenvalue weighted by atomic mass is 16.4. The zero-order valence-corrected chi connectivity index (χ0v) is 10.6. The predicted octanol–water partition coefficient (Wildman–Crippen LogP) is 1.46. The van der Waals surface area contributed by atoms with Crippen LogP contribution >= 0.6 is 0 Å². The summed E-state index contributed by atoms with van der Waals surface area (Å²) in [6.07, 6.45) is 2.13. The van der Waals surface area contributed by atoms with Gasteiger partial charge in [-0.3, -0.25) is 4.79 Å². The molecule has 5 nitrogen and oxygen atoms in total. The summed E-state index contributed by atoms with van der Waals surface area (Å²) in [6, 6.07) is 3.29. The van der Waals surface area contributed by atoms with Gasteiger partial charge in [0.2, 0.25) is 0 Å². The molecule has 2 aromatic rings. The van der Waals surface area contributed by atoms with Gasteiger partial charge in [-0.2, -0.15) is 0 Å². The first-order chi connectivity index (χ1) is 8.49. The second kappa shape index (κ2) is 4.78. The fourth-order valence-electron chi connectivity index (χ4n) is 1.89. The van der Waals surface area contributed by atoms with E-state index in [2.05, 4.69) is 18.0 Å². The topological polar surface area (TPSA) is 81.1 Å². The zero-order valence-electron chi connectivity index (χ0n) is 10.6. The Morgan fingerprint density at radius 2 is 2.11 bits per heavy atom. The van der Waals surface area contributed by atoms with Crippen LogP contribution in [0.15, 0.2) is 18.5 Å². The molecule has 3 N–H and O–H groups in total. The summed E-state index contributed by atoms with van der Waals surface area (Å²) in [5, 5.41) is 8.75. The monoisotopic (exact) mass is 247 g/mol. The average Bonchev–Trinajstić information content (AvgIpc) is 2.69. The van der Waals surface area contributed by atoms with E-state index in [0.29, 0.717) is 13.0 Å². The molecular formula is C13H17N3O2. The Balaban J connectivity index is 2.24. The maximum absolute atomic E-state index is 10.7. The van der Waals surface area contributed by atoms with Gasteiger partial charge in [0.15, 0.2) is 0 Å². The highest BCUT2D eigenvalue weighted by Gasteiger charge is 2.12. The number of rotatable bonds is 4. The third kappa shape index (κ3) is 2.36. The van der Waals surface area contributed by atoms with Crippen LogP contribution in [0.4, 0.5) is 0 Å². The van der Waals surface area contributed by atoms with Crippen molar-refractivity contribution < 1.29 is 9.90 Å². The Bertz CT molecular complexity index is 589. The van der Waals surface area contributed by atoms with E-state index < -0.39 is 12.0 Å². The van der Waals surface area contributed by atoms with Crippen LogP contribution in [0.25, 0.3) is 11.0 Å². The quantitative estimate of drug-likeness (QED) is 0.857. The standard InChI is InChI=1S/C13H17N3O2/c1-8-5-11-12(6-9(8)2)16(7-15-11)4-3-10(14)13(17)18/h5-7,10H,3-4,14H2,1-2H3,(H,17,18). The number of nitrogens with zero attached hydrogens (tertiary/aromatic N) is 2. The maximum atomic E-state index is 10.7. The minimum Gasteiger partial charge on any atom is -0.480 e. The molecule has 0 saturated carbocycles. The lowest BCUT2D eigenvalue weighted by molar-refractivity contribution is -0.138. The van der Waals surface area contributed by atoms with E-state index in [1.807, 2.05) is 17.6 Å². The van der Waals surface area contributed by atoms with Crippen LogP contribution in [-0.2, 0) is 11.3 Å². The molecule has 2 rings (SSSR count). The summed E-state index contributed by atoms with van der Waals surface area (Å²) in [5.41, 5.74) is 9.86. The Morgan fingerprint density at radius 1 is 1.44 bits per heavy atom. The van der Waals surface area contributed by atoms with Crippen molar-refractivity contribution in [1.29, 1.82) is 0 Å². The molecule has 0 aliphatic carbocycles. The number of aromatic nitrogens is 2. The fraction of sp³-hybridized carbons (Fsp3) is 0.385. The molecule has 0 radical (unpaired) electrons. The average molecular weight is 247 g/mol. The Labute approximate surface area is 105 Å². The number of hydrogen-bond donors (Lipinski definition) is 2. The number of aryl methyl sites for hydroxylation is 3. The van der Waals surface area contributed by atoms with Crippen molar-refractivity contribution in [3.63, 3.8) is 0 Å². The van der Waals surface area contributed by atoms with Gasteiger partial charge < -0.3 is 15.4 Å². The molecule has 18 heavy (non-hydrogen) atoms. The highest BCUT2D eigenvalue weighted by Crippen LogP contribution is 2.18. The smallest absolute Gasteiger partial charge is 0.320 e. The van der Waals surface area contributed by atoms with Crippen molar-refractivity contribution >= 4 is 17.0 Å². The molecule has 1 unspecified atom stereocenters. The van der Waals surface area contributed by atoms with Gasteiger partial charge >= 0.3 is 5.97 Å². The molecule has 1 aromatic carbocycles. The summed E-state index contributed by atoms with van der Waals surface area (Å²) in [6.45, 7) is 4.66. The third-order valence-corrected chi connectivity index (χ3v) is 3.23. The van der Waals surface area contributed by atoms with Crippen molar-refractivity contribution in [3.8, 4) is 0 Å². The maximum Gasteiger partial charge on any atom is 0.320 e. The molecule has 0 amide bonds. The number of fused-ring (bicyclic) bond motifs is 1. The first-order valence-corrected chi connectivity index (χ1v) is 5.89. The third-order valence-electron chi connectivity index (χ3n) is 3.23. The van der Waals surface area contributed by atoms with Gasteiger partial charge in [0.1, 0.15) is 6.04 Å². The lowest BCUT2D eigenvalue weighted by Crippen LogP contribution is -2.31. The number of benzene rings is 1. The number of nitrogens with two attached hydrogens (primary N) is 1. The molecule has 0 aliphatic heterocycles. The molecular weight excluding hydrogens is 230 g/mol. The highest BCUT2D eigenvalue weighted by molar-refractivity contribution is 5.77. The van der Waals surface area contributed by atoms with E-state index in [0.717, 1.165) is 11.0 Å². The van der Waals surface area contributed by atoms with Crippen LogP contribution in [-0.4, -0.2) is 26.7 Å². The van der Waals surface area contributed by atoms with Crippen LogP contribution in [0, 0.1) is 13.8 Å². The van der Waals surface area contributed by atoms with Gasteiger partial charge in [0.25, 0.3) is 0 Å². The molecule has 0 spiro atoms. The lowest BCUT2D eigenvalue weighted by atomic mass is 10.1. The fourth-order valence-corrected chi connectivity index (χ4v) is 1.89. The molecule has 96 valence electrons. The number of carbonyl (C=O) groups is 1. The lowest BCUT2D eigenvalue weighted by Gasteiger charge is -2.08. The largest absolute Gasteiger partial charge is 0.480 e. The predicted molar refractivity (Wildman–Crippen MR) is 69.4 cm³/mol. The summed E-state index contributed by atoms with van der Waals surface area (Å²) in [7, 11) is 0. The Morgan fingerprint density at radius 3 is 2.78 bits per heavy atom. The van der Waals surface area contributed by atoms with E-state index in [9.17, 15) is 4.79 Å². The minimum absolute atomic E-state index is 0.397. The van der Waals surface area contributed by atoms with Gasteiger partial charge in [0.05, 0.1) is 17.4 Å². The van der Waals surface area contributed by atoms with Crippen molar-refractivity contribution in [1.82, 2.24) is 9.55 Å². The van der Waals surface area contributed by atoms with Gasteiger partial charge in [-0.05, 0) is 43.5 Å². The Hall–Kier alpha value is -1.88. The van der Waals surface area contributed by atoms with Crippen LogP contribution in [0.5, 0.6) is 0 Å². The summed E-state index contributed by atoms with van der Waals surface area (Å²) in [4.78, 5) is 15.0. The van der Waals surface area contributed by atoms with Gasteiger partial charge in [-0.25, -0.2) is 4.98 Å². The summed E-state index contributed by atoms with van der Waals surface area (Å²) >= 11 is 0. The number of carboxylic acids is 1. The van der Waals surface area contributed by atoms with Crippen LogP contribution < -0.4 is 5.73 Å². The van der Waals surface area contributed by atoms with E-state index in [4.69, 9.17) is 10.8 Å². The van der Waals surface area contributed by atoms with E-state index in [1.54, 1.807) is 6.33 Å². The molecule has 0 aliphatic rings. The molecule has 1 aromatic heterocycles. The second-order valence-electron chi connectivity index (χ2n) is 4.60. The second-order valence-corrected chi connectivity index (χ2v) is 4.60. The first-order valence-electron chi connectivity index (χ1n) is 5.89. The van der Waals surface area contributed by atoms with Crippen molar-refractivity contribution in [2.75, 3.05) is 0 Å².